The summed E-state index contributed by atoms with van der Waals surface area (Å²) < 4.78 is 13.1. The predicted octanol–water partition coefficient (Wildman–Crippen LogP) is 2.31. The van der Waals surface area contributed by atoms with E-state index >= 15 is 0 Å². The van der Waals surface area contributed by atoms with E-state index in [1.54, 1.807) is 6.07 Å². The molecule has 1 aliphatic rings. The molecule has 17 heavy (non-hydrogen) atoms. The zero-order valence-corrected chi connectivity index (χ0v) is 10.1. The molecule has 0 aromatic heterocycles. The summed E-state index contributed by atoms with van der Waals surface area (Å²) in [5.74, 6) is -0.287. The highest BCUT2D eigenvalue weighted by molar-refractivity contribution is 5.54. The molecular weight excluding hydrogens is 217 g/mol. The van der Waals surface area contributed by atoms with Crippen molar-refractivity contribution in [2.45, 2.75) is 19.3 Å². The van der Waals surface area contributed by atoms with Crippen molar-refractivity contribution < 1.29 is 4.39 Å². The van der Waals surface area contributed by atoms with Crippen LogP contribution in [0.1, 0.15) is 19.3 Å². The maximum absolute atomic E-state index is 13.1. The number of likely N-dealkylation sites (tertiary alicyclic amines) is 1. The number of halogens is 1. The second-order valence-corrected chi connectivity index (χ2v) is 4.60. The highest BCUT2D eigenvalue weighted by atomic mass is 19.1. The first-order chi connectivity index (χ1) is 8.24. The molecule has 1 aromatic carbocycles. The quantitative estimate of drug-likeness (QED) is 0.790. The van der Waals surface area contributed by atoms with Crippen LogP contribution in [0.25, 0.3) is 0 Å². The van der Waals surface area contributed by atoms with Crippen molar-refractivity contribution in [3.05, 3.63) is 24.0 Å². The van der Waals surface area contributed by atoms with E-state index in [2.05, 4.69) is 10.2 Å². The van der Waals surface area contributed by atoms with Crippen molar-refractivity contribution in [3.63, 3.8) is 0 Å². The molecule has 1 aliphatic heterocycles. The van der Waals surface area contributed by atoms with E-state index in [0.717, 1.165) is 18.8 Å². The lowest BCUT2D eigenvalue weighted by atomic mass is 10.1. The minimum Gasteiger partial charge on any atom is -0.399 e. The number of nitrogen functional groups attached to an aromatic ring is 1. The van der Waals surface area contributed by atoms with E-state index in [4.69, 9.17) is 5.73 Å². The summed E-state index contributed by atoms with van der Waals surface area (Å²) >= 11 is 0. The van der Waals surface area contributed by atoms with Crippen molar-refractivity contribution in [2.24, 2.45) is 0 Å². The fraction of sp³-hybridized carbons (Fsp3) is 0.538. The second kappa shape index (κ2) is 5.87. The fourth-order valence-electron chi connectivity index (χ4n) is 2.26. The molecule has 1 heterocycles. The van der Waals surface area contributed by atoms with Crippen molar-refractivity contribution in [1.29, 1.82) is 0 Å². The summed E-state index contributed by atoms with van der Waals surface area (Å²) in [7, 11) is 0. The fourth-order valence-corrected chi connectivity index (χ4v) is 2.26. The van der Waals surface area contributed by atoms with Gasteiger partial charge in [-0.3, -0.25) is 0 Å². The molecule has 0 aliphatic carbocycles. The Kier molecular flexibility index (Phi) is 4.20. The molecular formula is C13H20FN3. The molecule has 0 atom stereocenters. The first kappa shape index (κ1) is 12.2. The average Bonchev–Trinajstić information content (AvgIpc) is 2.29. The molecule has 4 heteroatoms. The minimum absolute atomic E-state index is 0.287. The Balaban J connectivity index is 1.77. The molecule has 1 aromatic rings. The number of rotatable bonds is 4. The van der Waals surface area contributed by atoms with Crippen LogP contribution in [0.2, 0.25) is 0 Å². The molecule has 1 fully saturated rings. The smallest absolute Gasteiger partial charge is 0.127 e. The van der Waals surface area contributed by atoms with E-state index in [1.165, 1.54) is 44.5 Å². The third-order valence-electron chi connectivity index (χ3n) is 3.13. The highest BCUT2D eigenvalue weighted by Gasteiger charge is 2.08. The van der Waals surface area contributed by atoms with Gasteiger partial charge >= 0.3 is 0 Å². The first-order valence-corrected chi connectivity index (χ1v) is 6.26. The largest absolute Gasteiger partial charge is 0.399 e. The van der Waals surface area contributed by atoms with Gasteiger partial charge in [-0.05, 0) is 44.1 Å². The third kappa shape index (κ3) is 3.89. The Morgan fingerprint density at radius 2 is 1.94 bits per heavy atom. The zero-order chi connectivity index (χ0) is 12.1. The molecule has 0 radical (unpaired) electrons. The Morgan fingerprint density at radius 3 is 2.65 bits per heavy atom. The van der Waals surface area contributed by atoms with Crippen LogP contribution < -0.4 is 11.1 Å². The number of benzene rings is 1. The molecule has 3 nitrogen and oxygen atoms in total. The van der Waals surface area contributed by atoms with Crippen LogP contribution in [0.5, 0.6) is 0 Å². The van der Waals surface area contributed by atoms with Gasteiger partial charge in [0.05, 0.1) is 0 Å². The van der Waals surface area contributed by atoms with E-state index in [9.17, 15) is 4.39 Å². The van der Waals surface area contributed by atoms with Crippen molar-refractivity contribution in [2.75, 3.05) is 37.2 Å². The number of nitrogens with zero attached hydrogens (tertiary/aromatic N) is 1. The van der Waals surface area contributed by atoms with Crippen LogP contribution in [0.3, 0.4) is 0 Å². The van der Waals surface area contributed by atoms with E-state index < -0.39 is 0 Å². The number of hydrogen-bond acceptors (Lipinski definition) is 3. The third-order valence-corrected chi connectivity index (χ3v) is 3.13. The first-order valence-electron chi connectivity index (χ1n) is 6.26. The van der Waals surface area contributed by atoms with Crippen LogP contribution in [-0.4, -0.2) is 31.1 Å². The van der Waals surface area contributed by atoms with Gasteiger partial charge in [-0.2, -0.15) is 0 Å². The summed E-state index contributed by atoms with van der Waals surface area (Å²) in [4.78, 5) is 2.44. The van der Waals surface area contributed by atoms with Gasteiger partial charge in [0.1, 0.15) is 5.82 Å². The molecule has 0 amide bonds. The van der Waals surface area contributed by atoms with Crippen molar-refractivity contribution in [3.8, 4) is 0 Å². The van der Waals surface area contributed by atoms with Gasteiger partial charge in [0, 0.05) is 24.5 Å². The summed E-state index contributed by atoms with van der Waals surface area (Å²) in [5, 5.41) is 3.21. The Bertz CT molecular complexity index is 341. The van der Waals surface area contributed by atoms with Crippen molar-refractivity contribution in [1.82, 2.24) is 4.90 Å². The Hall–Kier alpha value is -1.29. The Labute approximate surface area is 102 Å². The molecule has 1 saturated heterocycles. The number of piperidine rings is 1. The minimum atomic E-state index is -0.287. The summed E-state index contributed by atoms with van der Waals surface area (Å²) in [6.45, 7) is 4.22. The van der Waals surface area contributed by atoms with Crippen LogP contribution in [0, 0.1) is 5.82 Å². The normalized spacial score (nSPS) is 17.0. The SMILES string of the molecule is Nc1cc(F)cc(NCCN2CCCCC2)c1. The van der Waals surface area contributed by atoms with Gasteiger partial charge in [-0.1, -0.05) is 6.42 Å². The molecule has 0 saturated carbocycles. The number of hydrogen-bond donors (Lipinski definition) is 2. The van der Waals surface area contributed by atoms with Gasteiger partial charge in [0.15, 0.2) is 0 Å². The van der Waals surface area contributed by atoms with E-state index in [1.807, 2.05) is 0 Å². The molecule has 2 rings (SSSR count). The van der Waals surface area contributed by atoms with Crippen LogP contribution in [0.15, 0.2) is 18.2 Å². The Morgan fingerprint density at radius 1 is 1.18 bits per heavy atom. The van der Waals surface area contributed by atoms with Crippen LogP contribution in [0.4, 0.5) is 15.8 Å². The van der Waals surface area contributed by atoms with Crippen molar-refractivity contribution >= 4 is 11.4 Å². The lowest BCUT2D eigenvalue weighted by Crippen LogP contribution is -2.33. The lowest BCUT2D eigenvalue weighted by molar-refractivity contribution is 0.237. The number of nitrogens with one attached hydrogen (secondary N) is 1. The van der Waals surface area contributed by atoms with Gasteiger partial charge < -0.3 is 16.0 Å². The van der Waals surface area contributed by atoms with Crippen LogP contribution in [-0.2, 0) is 0 Å². The zero-order valence-electron chi connectivity index (χ0n) is 10.1. The molecule has 94 valence electrons. The maximum Gasteiger partial charge on any atom is 0.127 e. The molecule has 0 spiro atoms. The highest BCUT2D eigenvalue weighted by Crippen LogP contribution is 2.15. The number of anilines is 2. The summed E-state index contributed by atoms with van der Waals surface area (Å²) in [6.07, 6.45) is 3.95. The van der Waals surface area contributed by atoms with Gasteiger partial charge in [0.2, 0.25) is 0 Å². The second-order valence-electron chi connectivity index (χ2n) is 4.60. The maximum atomic E-state index is 13.1. The topological polar surface area (TPSA) is 41.3 Å². The van der Waals surface area contributed by atoms with Crippen LogP contribution >= 0.6 is 0 Å². The van der Waals surface area contributed by atoms with E-state index in [-0.39, 0.29) is 5.82 Å². The summed E-state index contributed by atoms with van der Waals surface area (Å²) in [5.41, 5.74) is 6.81. The van der Waals surface area contributed by atoms with Gasteiger partial charge in [-0.25, -0.2) is 4.39 Å². The monoisotopic (exact) mass is 237 g/mol. The van der Waals surface area contributed by atoms with E-state index in [0.29, 0.717) is 5.69 Å². The predicted molar refractivity (Wildman–Crippen MR) is 69.6 cm³/mol. The lowest BCUT2D eigenvalue weighted by Gasteiger charge is -2.26. The number of nitrogens with two attached hydrogens (primary N) is 1. The molecule has 0 unspecified atom stereocenters. The molecule has 3 N–H and O–H groups in total. The standard InChI is InChI=1S/C13H20FN3/c14-11-8-12(15)10-13(9-11)16-4-7-17-5-2-1-3-6-17/h8-10,16H,1-7,15H2. The summed E-state index contributed by atoms with van der Waals surface area (Å²) in [6, 6.07) is 4.57. The van der Waals surface area contributed by atoms with Gasteiger partial charge in [-0.15, -0.1) is 0 Å². The van der Waals surface area contributed by atoms with Gasteiger partial charge in [0.25, 0.3) is 0 Å². The molecule has 0 bridgehead atoms. The average molecular weight is 237 g/mol.